The molecule has 0 radical (unpaired) electrons. The van der Waals surface area contributed by atoms with Crippen LogP contribution >= 0.6 is 0 Å². The van der Waals surface area contributed by atoms with E-state index in [0.717, 1.165) is 51.3 Å². The molecule has 172 valence electrons. The van der Waals surface area contributed by atoms with Gasteiger partial charge >= 0.3 is 0 Å². The monoisotopic (exact) mass is 441 g/mol. The van der Waals surface area contributed by atoms with Gasteiger partial charge in [-0.1, -0.05) is 6.07 Å². The van der Waals surface area contributed by atoms with Gasteiger partial charge in [0.1, 0.15) is 24.6 Å². The maximum absolute atomic E-state index is 12.8. The minimum absolute atomic E-state index is 0.121. The van der Waals surface area contributed by atoms with Gasteiger partial charge in [0, 0.05) is 32.0 Å². The Morgan fingerprint density at radius 2 is 2.06 bits per heavy atom. The van der Waals surface area contributed by atoms with E-state index in [9.17, 15) is 10.1 Å². The average molecular weight is 442 g/mol. The number of nitrogens with two attached hydrogens (primary N) is 1. The van der Waals surface area contributed by atoms with Crippen molar-refractivity contribution in [3.05, 3.63) is 35.2 Å². The standard InChI is InChI=1S/C24H31N3O5/c1-2-30-21-14-16(6-7-19(21)31-13-10-27-8-11-29-12-9-27)22-17(15-25)24(26)32-20-5-3-4-18(28)23(20)22/h6-7,14,20,22-23H,2-5,8-13,26H2,1H3/t20-,22-,23-/m1/s1. The first-order valence-electron chi connectivity index (χ1n) is 11.4. The van der Waals surface area contributed by atoms with Crippen LogP contribution in [0, 0.1) is 17.2 Å². The number of fused-ring (bicyclic) bond motifs is 1. The number of benzene rings is 1. The Bertz CT molecular complexity index is 903. The molecule has 0 aromatic heterocycles. The summed E-state index contributed by atoms with van der Waals surface area (Å²) in [6, 6.07) is 7.84. The second-order valence-electron chi connectivity index (χ2n) is 8.35. The quantitative estimate of drug-likeness (QED) is 0.687. The number of ether oxygens (including phenoxy) is 4. The highest BCUT2D eigenvalue weighted by atomic mass is 16.5. The van der Waals surface area contributed by atoms with Crippen LogP contribution in [0.15, 0.2) is 29.7 Å². The van der Waals surface area contributed by atoms with Crippen molar-refractivity contribution in [3.8, 4) is 17.6 Å². The van der Waals surface area contributed by atoms with E-state index in [0.29, 0.717) is 36.7 Å². The summed E-state index contributed by atoms with van der Waals surface area (Å²) in [5, 5.41) is 9.79. The summed E-state index contributed by atoms with van der Waals surface area (Å²) in [4.78, 5) is 15.1. The van der Waals surface area contributed by atoms with Crippen molar-refractivity contribution in [2.45, 2.75) is 38.2 Å². The van der Waals surface area contributed by atoms with Crippen LogP contribution in [0.4, 0.5) is 0 Å². The Morgan fingerprint density at radius 3 is 2.81 bits per heavy atom. The lowest BCUT2D eigenvalue weighted by Gasteiger charge is -2.40. The molecular formula is C24H31N3O5. The number of hydrogen-bond acceptors (Lipinski definition) is 8. The van der Waals surface area contributed by atoms with Gasteiger partial charge in [-0.3, -0.25) is 9.69 Å². The summed E-state index contributed by atoms with van der Waals surface area (Å²) in [6.07, 6.45) is 1.74. The molecular weight excluding hydrogens is 410 g/mol. The maximum atomic E-state index is 12.8. The Labute approximate surface area is 188 Å². The molecule has 1 saturated heterocycles. The zero-order valence-electron chi connectivity index (χ0n) is 18.5. The summed E-state index contributed by atoms with van der Waals surface area (Å²) in [6.45, 7) is 7.06. The molecule has 8 nitrogen and oxygen atoms in total. The molecule has 2 fully saturated rings. The molecule has 2 N–H and O–H groups in total. The molecule has 0 spiro atoms. The van der Waals surface area contributed by atoms with Crippen molar-refractivity contribution in [1.29, 1.82) is 5.26 Å². The lowest BCUT2D eigenvalue weighted by Crippen LogP contribution is -2.43. The van der Waals surface area contributed by atoms with Crippen LogP contribution in [0.5, 0.6) is 11.5 Å². The molecule has 0 amide bonds. The molecule has 3 aliphatic rings. The van der Waals surface area contributed by atoms with Crippen LogP contribution in [0.1, 0.15) is 37.7 Å². The molecule has 1 aromatic rings. The summed E-state index contributed by atoms with van der Waals surface area (Å²) >= 11 is 0. The largest absolute Gasteiger partial charge is 0.490 e. The lowest BCUT2D eigenvalue weighted by molar-refractivity contribution is -0.132. The van der Waals surface area contributed by atoms with Crippen LogP contribution in [-0.2, 0) is 14.3 Å². The van der Waals surface area contributed by atoms with Crippen LogP contribution in [0.3, 0.4) is 0 Å². The smallest absolute Gasteiger partial charge is 0.199 e. The first kappa shape index (κ1) is 22.4. The predicted molar refractivity (Wildman–Crippen MR) is 117 cm³/mol. The van der Waals surface area contributed by atoms with Gasteiger partial charge in [-0.2, -0.15) is 5.26 Å². The molecule has 3 atom stereocenters. The zero-order chi connectivity index (χ0) is 22.5. The van der Waals surface area contributed by atoms with E-state index < -0.39 is 11.8 Å². The topological polar surface area (TPSA) is 107 Å². The Morgan fingerprint density at radius 1 is 1.25 bits per heavy atom. The van der Waals surface area contributed by atoms with Gasteiger partial charge in [0.25, 0.3) is 0 Å². The van der Waals surface area contributed by atoms with Gasteiger partial charge in [0.15, 0.2) is 17.4 Å². The van der Waals surface area contributed by atoms with Gasteiger partial charge in [-0.25, -0.2) is 0 Å². The first-order chi connectivity index (χ1) is 15.6. The van der Waals surface area contributed by atoms with Crippen molar-refractivity contribution < 1.29 is 23.7 Å². The number of carbonyl (C=O) groups is 1. The second-order valence-corrected chi connectivity index (χ2v) is 8.35. The summed E-state index contributed by atoms with van der Waals surface area (Å²) < 4.78 is 23.1. The van der Waals surface area contributed by atoms with Crippen molar-refractivity contribution in [1.82, 2.24) is 4.90 Å². The summed E-state index contributed by atoms with van der Waals surface area (Å²) in [5.41, 5.74) is 7.22. The average Bonchev–Trinajstić information content (AvgIpc) is 2.80. The molecule has 2 heterocycles. The van der Waals surface area contributed by atoms with Gasteiger partial charge < -0.3 is 24.7 Å². The fraction of sp³-hybridized carbons (Fsp3) is 0.583. The number of morpholine rings is 1. The normalized spacial score (nSPS) is 26.1. The van der Waals surface area contributed by atoms with Gasteiger partial charge in [0.05, 0.1) is 31.3 Å². The number of Topliss-reactive ketones (excluding diaryl/α,β-unsaturated/α-hetero) is 1. The molecule has 0 bridgehead atoms. The molecule has 4 rings (SSSR count). The van der Waals surface area contributed by atoms with Crippen molar-refractivity contribution in [2.75, 3.05) is 46.1 Å². The van der Waals surface area contributed by atoms with Crippen LogP contribution in [-0.4, -0.2) is 62.8 Å². The van der Waals surface area contributed by atoms with E-state index in [2.05, 4.69) is 11.0 Å². The van der Waals surface area contributed by atoms with E-state index in [-0.39, 0.29) is 17.8 Å². The number of rotatable bonds is 7. The molecule has 1 aromatic carbocycles. The van der Waals surface area contributed by atoms with Crippen LogP contribution in [0.2, 0.25) is 0 Å². The Balaban J connectivity index is 1.57. The molecule has 8 heteroatoms. The highest BCUT2D eigenvalue weighted by Gasteiger charge is 2.46. The predicted octanol–water partition coefficient (Wildman–Crippen LogP) is 2.34. The zero-order valence-corrected chi connectivity index (χ0v) is 18.5. The van der Waals surface area contributed by atoms with Crippen molar-refractivity contribution >= 4 is 5.78 Å². The van der Waals surface area contributed by atoms with Crippen molar-refractivity contribution in [3.63, 3.8) is 0 Å². The van der Waals surface area contributed by atoms with Crippen LogP contribution < -0.4 is 15.2 Å². The van der Waals surface area contributed by atoms with E-state index in [1.54, 1.807) is 0 Å². The van der Waals surface area contributed by atoms with E-state index in [4.69, 9.17) is 24.7 Å². The number of hydrogen-bond donors (Lipinski definition) is 1. The van der Waals surface area contributed by atoms with Gasteiger partial charge in [0.2, 0.25) is 0 Å². The minimum Gasteiger partial charge on any atom is -0.490 e. The fourth-order valence-corrected chi connectivity index (χ4v) is 4.84. The van der Waals surface area contributed by atoms with Crippen molar-refractivity contribution in [2.24, 2.45) is 11.7 Å². The second kappa shape index (κ2) is 10.2. The lowest BCUT2D eigenvalue weighted by atomic mass is 9.70. The summed E-state index contributed by atoms with van der Waals surface area (Å²) in [5.74, 6) is 0.654. The molecule has 2 aliphatic heterocycles. The SMILES string of the molecule is CCOc1cc([C@@H]2C(C#N)=C(N)O[C@@H]3CCCC(=O)[C@H]32)ccc1OCCN1CCOCC1. The number of nitriles is 1. The Hall–Kier alpha value is -2.76. The molecule has 0 unspecified atom stereocenters. The molecule has 1 aliphatic carbocycles. The maximum Gasteiger partial charge on any atom is 0.199 e. The fourth-order valence-electron chi connectivity index (χ4n) is 4.84. The number of ketones is 1. The third kappa shape index (κ3) is 4.69. The first-order valence-corrected chi connectivity index (χ1v) is 11.4. The summed E-state index contributed by atoms with van der Waals surface area (Å²) in [7, 11) is 0. The Kier molecular flexibility index (Phi) is 7.18. The number of nitrogens with zero attached hydrogens (tertiary/aromatic N) is 2. The van der Waals surface area contributed by atoms with Crippen LogP contribution in [0.25, 0.3) is 0 Å². The van der Waals surface area contributed by atoms with Gasteiger partial charge in [-0.15, -0.1) is 0 Å². The third-order valence-corrected chi connectivity index (χ3v) is 6.41. The highest BCUT2D eigenvalue weighted by molar-refractivity contribution is 5.84. The van der Waals surface area contributed by atoms with E-state index in [1.807, 2.05) is 25.1 Å². The molecule has 32 heavy (non-hydrogen) atoms. The third-order valence-electron chi connectivity index (χ3n) is 6.41. The van der Waals surface area contributed by atoms with Gasteiger partial charge in [-0.05, 0) is 37.5 Å². The number of allylic oxidation sites excluding steroid dienone is 1. The van der Waals surface area contributed by atoms with E-state index in [1.165, 1.54) is 0 Å². The minimum atomic E-state index is -0.437. The van der Waals surface area contributed by atoms with E-state index >= 15 is 0 Å². The highest BCUT2D eigenvalue weighted by Crippen LogP contribution is 2.46. The molecule has 1 saturated carbocycles. The number of carbonyl (C=O) groups excluding carboxylic acids is 1.